The van der Waals surface area contributed by atoms with Crippen LogP contribution in [0, 0.1) is 23.2 Å². The highest BCUT2D eigenvalue weighted by molar-refractivity contribution is 5.94. The maximum absolute atomic E-state index is 12.1. The van der Waals surface area contributed by atoms with E-state index in [1.54, 1.807) is 24.3 Å². The zero-order valence-corrected chi connectivity index (χ0v) is 10.8. The van der Waals surface area contributed by atoms with E-state index < -0.39 is 0 Å². The minimum Gasteiger partial charge on any atom is -0.349 e. The van der Waals surface area contributed by atoms with E-state index in [1.165, 1.54) is 6.42 Å². The van der Waals surface area contributed by atoms with Gasteiger partial charge in [-0.05, 0) is 42.9 Å². The summed E-state index contributed by atoms with van der Waals surface area (Å²) in [5, 5.41) is 11.9. The molecule has 1 N–H and O–H groups in total. The molecule has 1 saturated carbocycles. The van der Waals surface area contributed by atoms with E-state index in [-0.39, 0.29) is 11.9 Å². The molecule has 1 aromatic rings. The summed E-state index contributed by atoms with van der Waals surface area (Å²) in [6, 6.07) is 9.15. The lowest BCUT2D eigenvalue weighted by molar-refractivity contribution is 0.0927. The number of hydrogen-bond acceptors (Lipinski definition) is 2. The Morgan fingerprint density at radius 3 is 2.78 bits per heavy atom. The van der Waals surface area contributed by atoms with Gasteiger partial charge in [0.05, 0.1) is 11.6 Å². The topological polar surface area (TPSA) is 52.9 Å². The van der Waals surface area contributed by atoms with Crippen molar-refractivity contribution in [1.82, 2.24) is 5.32 Å². The number of nitrogens with zero attached hydrogens (tertiary/aromatic N) is 1. The predicted octanol–water partition coefficient (Wildman–Crippen LogP) is 2.72. The number of nitriles is 1. The van der Waals surface area contributed by atoms with Crippen LogP contribution >= 0.6 is 0 Å². The van der Waals surface area contributed by atoms with Crippen molar-refractivity contribution in [3.8, 4) is 6.07 Å². The molecule has 1 aliphatic rings. The van der Waals surface area contributed by atoms with E-state index in [9.17, 15) is 4.79 Å². The molecule has 1 amide bonds. The molecular formula is C15H18N2O. The second-order valence-corrected chi connectivity index (χ2v) is 5.19. The molecule has 3 atom stereocenters. The molecule has 1 fully saturated rings. The molecule has 1 aromatic carbocycles. The van der Waals surface area contributed by atoms with Crippen LogP contribution in [0.15, 0.2) is 24.3 Å². The van der Waals surface area contributed by atoms with Gasteiger partial charge in [0, 0.05) is 11.6 Å². The summed E-state index contributed by atoms with van der Waals surface area (Å²) in [5.74, 6) is 1.12. The van der Waals surface area contributed by atoms with Crippen LogP contribution in [-0.2, 0) is 0 Å². The van der Waals surface area contributed by atoms with Gasteiger partial charge in [-0.2, -0.15) is 5.26 Å². The predicted molar refractivity (Wildman–Crippen MR) is 70.0 cm³/mol. The fourth-order valence-corrected chi connectivity index (χ4v) is 2.55. The van der Waals surface area contributed by atoms with E-state index in [0.717, 1.165) is 6.42 Å². The van der Waals surface area contributed by atoms with Gasteiger partial charge >= 0.3 is 0 Å². The Labute approximate surface area is 108 Å². The maximum Gasteiger partial charge on any atom is 0.251 e. The van der Waals surface area contributed by atoms with Crippen LogP contribution in [-0.4, -0.2) is 11.9 Å². The molecule has 0 bridgehead atoms. The van der Waals surface area contributed by atoms with Crippen LogP contribution in [0.3, 0.4) is 0 Å². The Morgan fingerprint density at radius 1 is 1.39 bits per heavy atom. The van der Waals surface area contributed by atoms with Crippen LogP contribution in [0.1, 0.15) is 42.6 Å². The van der Waals surface area contributed by atoms with E-state index in [2.05, 4.69) is 25.2 Å². The Bertz CT molecular complexity index is 490. The quantitative estimate of drug-likeness (QED) is 0.867. The van der Waals surface area contributed by atoms with Crippen molar-refractivity contribution in [3.63, 3.8) is 0 Å². The zero-order chi connectivity index (χ0) is 13.1. The van der Waals surface area contributed by atoms with Crippen LogP contribution in [0.2, 0.25) is 0 Å². The molecule has 1 aliphatic carbocycles. The van der Waals surface area contributed by atoms with Gasteiger partial charge < -0.3 is 5.32 Å². The standard InChI is InChI=1S/C15H18N2O/c1-10-6-7-14(11(10)2)17-15(18)13-5-3-4-12(8-13)9-16/h3-5,8,10-11,14H,6-7H2,1-2H3,(H,17,18). The van der Waals surface area contributed by atoms with Gasteiger partial charge in [-0.1, -0.05) is 19.9 Å². The first-order valence-electron chi connectivity index (χ1n) is 6.43. The van der Waals surface area contributed by atoms with E-state index in [0.29, 0.717) is 23.0 Å². The summed E-state index contributed by atoms with van der Waals surface area (Å²) in [5.41, 5.74) is 1.09. The molecular weight excluding hydrogens is 224 g/mol. The number of hydrogen-bond donors (Lipinski definition) is 1. The summed E-state index contributed by atoms with van der Waals surface area (Å²) < 4.78 is 0. The molecule has 2 rings (SSSR count). The van der Waals surface area contributed by atoms with Crippen molar-refractivity contribution >= 4 is 5.91 Å². The van der Waals surface area contributed by atoms with Gasteiger partial charge in [-0.15, -0.1) is 0 Å². The first-order chi connectivity index (χ1) is 8.61. The average molecular weight is 242 g/mol. The van der Waals surface area contributed by atoms with Crippen molar-refractivity contribution in [1.29, 1.82) is 5.26 Å². The average Bonchev–Trinajstić information content (AvgIpc) is 2.71. The van der Waals surface area contributed by atoms with Crippen LogP contribution in [0.4, 0.5) is 0 Å². The van der Waals surface area contributed by atoms with Crippen LogP contribution in [0.5, 0.6) is 0 Å². The smallest absolute Gasteiger partial charge is 0.251 e. The van der Waals surface area contributed by atoms with E-state index in [4.69, 9.17) is 5.26 Å². The van der Waals surface area contributed by atoms with Gasteiger partial charge in [-0.25, -0.2) is 0 Å². The molecule has 0 radical (unpaired) electrons. The first kappa shape index (κ1) is 12.6. The van der Waals surface area contributed by atoms with E-state index in [1.807, 2.05) is 0 Å². The lowest BCUT2D eigenvalue weighted by atomic mass is 9.97. The number of carbonyl (C=O) groups excluding carboxylic acids is 1. The van der Waals surface area contributed by atoms with Crippen molar-refractivity contribution < 1.29 is 4.79 Å². The van der Waals surface area contributed by atoms with Gasteiger partial charge in [0.2, 0.25) is 0 Å². The summed E-state index contributed by atoms with van der Waals surface area (Å²) in [7, 11) is 0. The first-order valence-corrected chi connectivity index (χ1v) is 6.43. The molecule has 0 spiro atoms. The number of nitrogens with one attached hydrogen (secondary N) is 1. The minimum absolute atomic E-state index is 0.0713. The van der Waals surface area contributed by atoms with Crippen molar-refractivity contribution in [2.45, 2.75) is 32.7 Å². The summed E-state index contributed by atoms with van der Waals surface area (Å²) in [6.07, 6.45) is 2.22. The Kier molecular flexibility index (Phi) is 3.66. The Hall–Kier alpha value is -1.82. The zero-order valence-electron chi connectivity index (χ0n) is 10.8. The minimum atomic E-state index is -0.0713. The van der Waals surface area contributed by atoms with E-state index >= 15 is 0 Å². The molecule has 18 heavy (non-hydrogen) atoms. The third-order valence-electron chi connectivity index (χ3n) is 4.04. The van der Waals surface area contributed by atoms with Crippen LogP contribution < -0.4 is 5.32 Å². The lowest BCUT2D eigenvalue weighted by Crippen LogP contribution is -2.37. The highest BCUT2D eigenvalue weighted by Crippen LogP contribution is 2.31. The Balaban J connectivity index is 2.06. The van der Waals surface area contributed by atoms with Gasteiger partial charge in [-0.3, -0.25) is 4.79 Å². The molecule has 0 saturated heterocycles. The molecule has 3 heteroatoms. The number of carbonyl (C=O) groups is 1. The van der Waals surface area contributed by atoms with Gasteiger partial charge in [0.15, 0.2) is 0 Å². The lowest BCUT2D eigenvalue weighted by Gasteiger charge is -2.19. The number of amides is 1. The number of rotatable bonds is 2. The molecule has 3 nitrogen and oxygen atoms in total. The van der Waals surface area contributed by atoms with Crippen molar-refractivity contribution in [2.24, 2.45) is 11.8 Å². The molecule has 0 aromatic heterocycles. The highest BCUT2D eigenvalue weighted by Gasteiger charge is 2.30. The third kappa shape index (κ3) is 2.53. The monoisotopic (exact) mass is 242 g/mol. The highest BCUT2D eigenvalue weighted by atomic mass is 16.1. The molecule has 3 unspecified atom stereocenters. The summed E-state index contributed by atoms with van der Waals surface area (Å²) in [4.78, 5) is 12.1. The molecule has 0 aliphatic heterocycles. The van der Waals surface area contributed by atoms with Crippen LogP contribution in [0.25, 0.3) is 0 Å². The number of benzene rings is 1. The molecule has 0 heterocycles. The maximum atomic E-state index is 12.1. The largest absolute Gasteiger partial charge is 0.349 e. The van der Waals surface area contributed by atoms with Gasteiger partial charge in [0.25, 0.3) is 5.91 Å². The Morgan fingerprint density at radius 2 is 2.17 bits per heavy atom. The third-order valence-corrected chi connectivity index (χ3v) is 4.04. The fourth-order valence-electron chi connectivity index (χ4n) is 2.55. The van der Waals surface area contributed by atoms with Crippen molar-refractivity contribution in [2.75, 3.05) is 0 Å². The molecule has 94 valence electrons. The summed E-state index contributed by atoms with van der Waals surface area (Å²) >= 11 is 0. The van der Waals surface area contributed by atoms with Gasteiger partial charge in [0.1, 0.15) is 0 Å². The SMILES string of the molecule is CC1CCC(NC(=O)c2cccc(C#N)c2)C1C. The second kappa shape index (κ2) is 5.22. The second-order valence-electron chi connectivity index (χ2n) is 5.19. The fraction of sp³-hybridized carbons (Fsp3) is 0.467. The summed E-state index contributed by atoms with van der Waals surface area (Å²) in [6.45, 7) is 4.42. The normalized spacial score (nSPS) is 26.6. The van der Waals surface area contributed by atoms with Crippen molar-refractivity contribution in [3.05, 3.63) is 35.4 Å².